The molecule has 1 aromatic heterocycles. The number of rotatable bonds is 6. The maximum absolute atomic E-state index is 12.3. The smallest absolute Gasteiger partial charge is 0.227 e. The molecule has 1 aliphatic heterocycles. The molecule has 0 aliphatic carbocycles. The van der Waals surface area contributed by atoms with E-state index in [1.54, 1.807) is 23.3 Å². The Morgan fingerprint density at radius 2 is 2.29 bits per heavy atom. The molecule has 0 bridgehead atoms. The van der Waals surface area contributed by atoms with E-state index in [1.165, 1.54) is 5.56 Å². The number of ether oxygens (including phenoxy) is 1. The predicted octanol–water partition coefficient (Wildman–Crippen LogP) is 2.47. The quantitative estimate of drug-likeness (QED) is 0.876. The zero-order chi connectivity index (χ0) is 16.9. The summed E-state index contributed by atoms with van der Waals surface area (Å²) in [5.41, 5.74) is 1.99. The van der Waals surface area contributed by atoms with Crippen LogP contribution in [0.15, 0.2) is 41.1 Å². The zero-order valence-corrected chi connectivity index (χ0v) is 14.3. The molecule has 1 atom stereocenters. The Morgan fingerprint density at radius 1 is 1.42 bits per heavy atom. The number of thiophene rings is 1. The number of nitrogens with zero attached hydrogens (tertiary/aromatic N) is 1. The molecule has 3 rings (SSSR count). The van der Waals surface area contributed by atoms with Crippen molar-refractivity contribution < 1.29 is 14.3 Å². The summed E-state index contributed by atoms with van der Waals surface area (Å²) >= 11 is 1.65. The van der Waals surface area contributed by atoms with Gasteiger partial charge in [0.15, 0.2) is 0 Å². The van der Waals surface area contributed by atoms with Crippen LogP contribution in [0.4, 0.5) is 5.69 Å². The standard InChI is InChI=1S/C18H20N2O3S/c1-23-16-4-2-3-15(10-16)20-11-14(9-17(20)21)18(22)19-7-5-13-6-8-24-12-13/h2-4,6,8,10,12,14H,5,7,9,11H2,1H3,(H,19,22)/t14-/m1/s1. The minimum atomic E-state index is -0.300. The highest BCUT2D eigenvalue weighted by Crippen LogP contribution is 2.27. The van der Waals surface area contributed by atoms with Gasteiger partial charge in [0.05, 0.1) is 13.0 Å². The number of benzene rings is 1. The van der Waals surface area contributed by atoms with Gasteiger partial charge in [-0.05, 0) is 40.9 Å². The van der Waals surface area contributed by atoms with E-state index in [2.05, 4.69) is 16.8 Å². The number of nitrogens with one attached hydrogen (secondary N) is 1. The summed E-state index contributed by atoms with van der Waals surface area (Å²) in [6, 6.07) is 9.40. The minimum absolute atomic E-state index is 0.0266. The fourth-order valence-electron chi connectivity index (χ4n) is 2.82. The van der Waals surface area contributed by atoms with Crippen molar-refractivity contribution >= 4 is 28.8 Å². The van der Waals surface area contributed by atoms with Crippen LogP contribution in [0, 0.1) is 5.92 Å². The number of methoxy groups -OCH3 is 1. The van der Waals surface area contributed by atoms with E-state index in [9.17, 15) is 9.59 Å². The molecule has 0 saturated carbocycles. The molecule has 0 unspecified atom stereocenters. The van der Waals surface area contributed by atoms with E-state index in [0.29, 0.717) is 18.8 Å². The Balaban J connectivity index is 1.56. The van der Waals surface area contributed by atoms with Crippen molar-refractivity contribution in [1.82, 2.24) is 5.32 Å². The molecule has 1 saturated heterocycles. The molecule has 0 radical (unpaired) electrons. The second kappa shape index (κ2) is 7.49. The van der Waals surface area contributed by atoms with E-state index in [1.807, 2.05) is 29.6 Å². The lowest BCUT2D eigenvalue weighted by atomic mass is 10.1. The average molecular weight is 344 g/mol. The van der Waals surface area contributed by atoms with Gasteiger partial charge in [-0.2, -0.15) is 11.3 Å². The molecule has 6 heteroatoms. The van der Waals surface area contributed by atoms with Crippen LogP contribution in [0.3, 0.4) is 0 Å². The lowest BCUT2D eigenvalue weighted by Gasteiger charge is -2.17. The van der Waals surface area contributed by atoms with E-state index >= 15 is 0 Å². The number of carbonyl (C=O) groups is 2. The fourth-order valence-corrected chi connectivity index (χ4v) is 3.52. The van der Waals surface area contributed by atoms with Crippen molar-refractivity contribution in [1.29, 1.82) is 0 Å². The fraction of sp³-hybridized carbons (Fsp3) is 0.333. The van der Waals surface area contributed by atoms with E-state index in [-0.39, 0.29) is 24.2 Å². The highest BCUT2D eigenvalue weighted by molar-refractivity contribution is 7.07. The van der Waals surface area contributed by atoms with Crippen molar-refractivity contribution in [3.8, 4) is 5.75 Å². The van der Waals surface area contributed by atoms with Gasteiger partial charge in [-0.15, -0.1) is 0 Å². The molecule has 5 nitrogen and oxygen atoms in total. The van der Waals surface area contributed by atoms with Crippen LogP contribution < -0.4 is 15.0 Å². The summed E-state index contributed by atoms with van der Waals surface area (Å²) in [6.07, 6.45) is 1.07. The molecule has 2 amide bonds. The third-order valence-corrected chi connectivity index (χ3v) is 4.89. The van der Waals surface area contributed by atoms with Gasteiger partial charge in [0, 0.05) is 31.3 Å². The SMILES string of the molecule is COc1cccc(N2C[C@H](C(=O)NCCc3ccsc3)CC2=O)c1. The van der Waals surface area contributed by atoms with Gasteiger partial charge < -0.3 is 15.0 Å². The maximum Gasteiger partial charge on any atom is 0.227 e. The van der Waals surface area contributed by atoms with Crippen LogP contribution in [0.2, 0.25) is 0 Å². The second-order valence-corrected chi connectivity index (χ2v) is 6.56. The molecule has 1 N–H and O–H groups in total. The predicted molar refractivity (Wildman–Crippen MR) is 94.5 cm³/mol. The first-order valence-electron chi connectivity index (χ1n) is 7.90. The Kier molecular flexibility index (Phi) is 5.15. The van der Waals surface area contributed by atoms with E-state index < -0.39 is 0 Å². The van der Waals surface area contributed by atoms with Gasteiger partial charge in [-0.1, -0.05) is 6.07 Å². The minimum Gasteiger partial charge on any atom is -0.497 e. The first-order valence-corrected chi connectivity index (χ1v) is 8.85. The molecular weight excluding hydrogens is 324 g/mol. The van der Waals surface area contributed by atoms with Crippen molar-refractivity contribution in [2.45, 2.75) is 12.8 Å². The Hall–Kier alpha value is -2.34. The highest BCUT2D eigenvalue weighted by Gasteiger charge is 2.35. The Bertz CT molecular complexity index is 715. The Labute approximate surface area is 145 Å². The topological polar surface area (TPSA) is 58.6 Å². The van der Waals surface area contributed by atoms with Crippen LogP contribution in [0.1, 0.15) is 12.0 Å². The second-order valence-electron chi connectivity index (χ2n) is 5.78. The first kappa shape index (κ1) is 16.5. The lowest BCUT2D eigenvalue weighted by Crippen LogP contribution is -2.34. The number of hydrogen-bond acceptors (Lipinski definition) is 4. The highest BCUT2D eigenvalue weighted by atomic mass is 32.1. The van der Waals surface area contributed by atoms with Gasteiger partial charge in [-0.3, -0.25) is 9.59 Å². The van der Waals surface area contributed by atoms with Gasteiger partial charge in [0.1, 0.15) is 5.75 Å². The van der Waals surface area contributed by atoms with E-state index in [4.69, 9.17) is 4.74 Å². The van der Waals surface area contributed by atoms with Gasteiger partial charge >= 0.3 is 0 Å². The van der Waals surface area contributed by atoms with Crippen LogP contribution in [0.25, 0.3) is 0 Å². The summed E-state index contributed by atoms with van der Waals surface area (Å²) in [5.74, 6) is 0.320. The van der Waals surface area contributed by atoms with Crippen LogP contribution >= 0.6 is 11.3 Å². The molecule has 1 fully saturated rings. The van der Waals surface area contributed by atoms with Crippen molar-refractivity contribution in [3.05, 3.63) is 46.7 Å². The monoisotopic (exact) mass is 344 g/mol. The summed E-state index contributed by atoms with van der Waals surface area (Å²) in [5, 5.41) is 7.05. The van der Waals surface area contributed by atoms with Gasteiger partial charge in [0.2, 0.25) is 11.8 Å². The maximum atomic E-state index is 12.3. The van der Waals surface area contributed by atoms with Crippen molar-refractivity contribution in [3.63, 3.8) is 0 Å². The molecule has 24 heavy (non-hydrogen) atoms. The number of carbonyl (C=O) groups excluding carboxylic acids is 2. The third-order valence-electron chi connectivity index (χ3n) is 4.15. The Morgan fingerprint density at radius 3 is 3.04 bits per heavy atom. The first-order chi connectivity index (χ1) is 11.7. The molecule has 1 aliphatic rings. The van der Waals surface area contributed by atoms with Gasteiger partial charge in [0.25, 0.3) is 0 Å². The largest absolute Gasteiger partial charge is 0.497 e. The summed E-state index contributed by atoms with van der Waals surface area (Å²) in [4.78, 5) is 26.2. The number of hydrogen-bond donors (Lipinski definition) is 1. The molecule has 1 aromatic carbocycles. The van der Waals surface area contributed by atoms with Crippen LogP contribution in [0.5, 0.6) is 5.75 Å². The van der Waals surface area contributed by atoms with Gasteiger partial charge in [-0.25, -0.2) is 0 Å². The molecule has 126 valence electrons. The third kappa shape index (κ3) is 3.76. The number of anilines is 1. The van der Waals surface area contributed by atoms with Crippen LogP contribution in [-0.2, 0) is 16.0 Å². The lowest BCUT2D eigenvalue weighted by molar-refractivity contribution is -0.126. The number of amides is 2. The normalized spacial score (nSPS) is 17.1. The molecule has 2 aromatic rings. The summed E-state index contributed by atoms with van der Waals surface area (Å²) in [6.45, 7) is 1.01. The van der Waals surface area contributed by atoms with Crippen molar-refractivity contribution in [2.75, 3.05) is 25.1 Å². The molecule has 0 spiro atoms. The summed E-state index contributed by atoms with van der Waals surface area (Å²) < 4.78 is 5.20. The molecular formula is C18H20N2O3S. The van der Waals surface area contributed by atoms with Crippen LogP contribution in [-0.4, -0.2) is 32.0 Å². The zero-order valence-electron chi connectivity index (χ0n) is 13.5. The average Bonchev–Trinajstić information content (AvgIpc) is 3.24. The molecule has 2 heterocycles. The summed E-state index contributed by atoms with van der Waals surface area (Å²) in [7, 11) is 1.59. The van der Waals surface area contributed by atoms with Crippen molar-refractivity contribution in [2.24, 2.45) is 5.92 Å². The van der Waals surface area contributed by atoms with E-state index in [0.717, 1.165) is 12.1 Å².